The molecular formula is C11H9IN4OS. The van der Waals surface area contributed by atoms with Gasteiger partial charge < -0.3 is 5.11 Å². The first-order chi connectivity index (χ1) is 8.69. The molecule has 0 amide bonds. The summed E-state index contributed by atoms with van der Waals surface area (Å²) >= 11 is 3.64. The Labute approximate surface area is 121 Å². The Bertz CT molecular complexity index is 721. The second kappa shape index (κ2) is 4.47. The van der Waals surface area contributed by atoms with E-state index in [0.717, 1.165) is 31.3 Å². The van der Waals surface area contributed by atoms with Gasteiger partial charge in [0.15, 0.2) is 10.8 Å². The molecule has 2 heterocycles. The number of aryl methyl sites for hydroxylation is 1. The Kier molecular flexibility index (Phi) is 2.94. The van der Waals surface area contributed by atoms with Crippen molar-refractivity contribution in [1.29, 1.82) is 0 Å². The van der Waals surface area contributed by atoms with Crippen molar-refractivity contribution in [3.63, 3.8) is 0 Å². The standard InChI is InChI=1S/C11H9IN4OS/c1-2-9-13-14-11-16(9)15-10(18-11)7-5-6(12)3-4-8(7)17/h3-5,17H,2H2,1H3. The molecular weight excluding hydrogens is 363 g/mol. The topological polar surface area (TPSA) is 63.3 Å². The van der Waals surface area contributed by atoms with Gasteiger partial charge in [-0.2, -0.15) is 9.61 Å². The van der Waals surface area contributed by atoms with E-state index in [0.29, 0.717) is 0 Å². The number of rotatable bonds is 2. The van der Waals surface area contributed by atoms with Crippen LogP contribution in [0.5, 0.6) is 5.75 Å². The number of phenols is 1. The normalized spacial score (nSPS) is 11.2. The molecule has 5 nitrogen and oxygen atoms in total. The van der Waals surface area contributed by atoms with Crippen LogP contribution < -0.4 is 0 Å². The molecule has 0 saturated heterocycles. The SMILES string of the molecule is CCc1nnc2sc(-c3cc(I)ccc3O)nn12. The highest BCUT2D eigenvalue weighted by Gasteiger charge is 2.14. The van der Waals surface area contributed by atoms with Gasteiger partial charge >= 0.3 is 0 Å². The lowest BCUT2D eigenvalue weighted by Gasteiger charge is -2.00. The van der Waals surface area contributed by atoms with Gasteiger partial charge in [-0.3, -0.25) is 0 Å². The molecule has 0 spiro atoms. The Morgan fingerprint density at radius 3 is 3.00 bits per heavy atom. The molecule has 92 valence electrons. The minimum absolute atomic E-state index is 0.235. The molecule has 0 atom stereocenters. The summed E-state index contributed by atoms with van der Waals surface area (Å²) in [6.07, 6.45) is 0.780. The van der Waals surface area contributed by atoms with Crippen LogP contribution in [0.1, 0.15) is 12.7 Å². The van der Waals surface area contributed by atoms with Crippen LogP contribution in [0.2, 0.25) is 0 Å². The maximum atomic E-state index is 9.90. The lowest BCUT2D eigenvalue weighted by Crippen LogP contribution is -1.93. The van der Waals surface area contributed by atoms with Crippen molar-refractivity contribution in [3.05, 3.63) is 27.6 Å². The predicted octanol–water partition coefficient (Wildman–Crippen LogP) is 2.73. The molecule has 0 aliphatic carbocycles. The van der Waals surface area contributed by atoms with Crippen LogP contribution in [0.15, 0.2) is 18.2 Å². The molecule has 3 aromatic rings. The van der Waals surface area contributed by atoms with Crippen molar-refractivity contribution in [2.75, 3.05) is 0 Å². The molecule has 0 radical (unpaired) electrons. The third kappa shape index (κ3) is 1.87. The van der Waals surface area contributed by atoms with E-state index in [1.807, 2.05) is 19.1 Å². The molecule has 1 aromatic carbocycles. The number of hydrogen-bond acceptors (Lipinski definition) is 5. The van der Waals surface area contributed by atoms with Crippen molar-refractivity contribution >= 4 is 38.9 Å². The highest BCUT2D eigenvalue weighted by atomic mass is 127. The minimum atomic E-state index is 0.235. The van der Waals surface area contributed by atoms with Crippen molar-refractivity contribution in [3.8, 4) is 16.3 Å². The fourth-order valence-corrected chi connectivity index (χ4v) is 3.04. The van der Waals surface area contributed by atoms with Crippen molar-refractivity contribution in [1.82, 2.24) is 19.8 Å². The maximum absolute atomic E-state index is 9.90. The van der Waals surface area contributed by atoms with E-state index in [9.17, 15) is 5.11 Å². The largest absolute Gasteiger partial charge is 0.507 e. The highest BCUT2D eigenvalue weighted by Crippen LogP contribution is 2.33. The monoisotopic (exact) mass is 372 g/mol. The second-order valence-electron chi connectivity index (χ2n) is 3.73. The lowest BCUT2D eigenvalue weighted by molar-refractivity contribution is 0.477. The fraction of sp³-hybridized carbons (Fsp3) is 0.182. The lowest BCUT2D eigenvalue weighted by atomic mass is 10.2. The van der Waals surface area contributed by atoms with Crippen LogP contribution in [0.25, 0.3) is 15.5 Å². The van der Waals surface area contributed by atoms with Crippen LogP contribution in [0, 0.1) is 3.57 Å². The maximum Gasteiger partial charge on any atom is 0.234 e. The van der Waals surface area contributed by atoms with Gasteiger partial charge in [0.2, 0.25) is 4.96 Å². The van der Waals surface area contributed by atoms with Crippen LogP contribution >= 0.6 is 33.9 Å². The van der Waals surface area contributed by atoms with Crippen LogP contribution in [-0.2, 0) is 6.42 Å². The van der Waals surface area contributed by atoms with Gasteiger partial charge in [0, 0.05) is 9.99 Å². The fourth-order valence-electron chi connectivity index (χ4n) is 1.67. The van der Waals surface area contributed by atoms with Crippen molar-refractivity contribution < 1.29 is 5.11 Å². The zero-order valence-electron chi connectivity index (χ0n) is 9.46. The average molecular weight is 372 g/mol. The van der Waals surface area contributed by atoms with Gasteiger partial charge in [-0.05, 0) is 40.8 Å². The third-order valence-electron chi connectivity index (χ3n) is 2.56. The molecule has 0 fully saturated rings. The molecule has 0 aliphatic rings. The van der Waals surface area contributed by atoms with E-state index in [1.165, 1.54) is 11.3 Å². The second-order valence-corrected chi connectivity index (χ2v) is 5.93. The molecule has 1 N–H and O–H groups in total. The van der Waals surface area contributed by atoms with Crippen LogP contribution in [0.3, 0.4) is 0 Å². The number of aromatic nitrogens is 4. The number of phenolic OH excluding ortho intramolecular Hbond substituents is 1. The first kappa shape index (κ1) is 11.8. The first-order valence-corrected chi connectivity index (χ1v) is 7.28. The summed E-state index contributed by atoms with van der Waals surface area (Å²) in [6, 6.07) is 5.45. The number of aromatic hydroxyl groups is 1. The number of fused-ring (bicyclic) bond motifs is 1. The molecule has 0 bridgehead atoms. The summed E-state index contributed by atoms with van der Waals surface area (Å²) in [7, 11) is 0. The van der Waals surface area contributed by atoms with Crippen LogP contribution in [-0.4, -0.2) is 24.9 Å². The summed E-state index contributed by atoms with van der Waals surface area (Å²) in [4.78, 5) is 0.750. The molecule has 0 aliphatic heterocycles. The van der Waals surface area contributed by atoms with Crippen molar-refractivity contribution in [2.24, 2.45) is 0 Å². The molecule has 0 unspecified atom stereocenters. The van der Waals surface area contributed by atoms with Crippen LogP contribution in [0.4, 0.5) is 0 Å². The molecule has 7 heteroatoms. The average Bonchev–Trinajstić information content (AvgIpc) is 2.91. The molecule has 18 heavy (non-hydrogen) atoms. The summed E-state index contributed by atoms with van der Waals surface area (Å²) in [5.41, 5.74) is 0.736. The quantitative estimate of drug-likeness (QED) is 0.703. The smallest absolute Gasteiger partial charge is 0.234 e. The van der Waals surface area contributed by atoms with Gasteiger partial charge in [-0.15, -0.1) is 10.2 Å². The number of benzene rings is 1. The third-order valence-corrected chi connectivity index (χ3v) is 4.16. The van der Waals surface area contributed by atoms with E-state index in [1.54, 1.807) is 10.6 Å². The van der Waals surface area contributed by atoms with E-state index in [-0.39, 0.29) is 5.75 Å². The summed E-state index contributed by atoms with van der Waals surface area (Å²) in [5.74, 6) is 1.07. The minimum Gasteiger partial charge on any atom is -0.507 e. The summed E-state index contributed by atoms with van der Waals surface area (Å²) in [5, 5.41) is 23.2. The molecule has 2 aromatic heterocycles. The zero-order chi connectivity index (χ0) is 12.7. The Balaban J connectivity index is 2.19. The highest BCUT2D eigenvalue weighted by molar-refractivity contribution is 14.1. The number of hydrogen-bond donors (Lipinski definition) is 1. The number of halogens is 1. The van der Waals surface area contributed by atoms with Gasteiger partial charge in [0.25, 0.3) is 0 Å². The molecule has 0 saturated carbocycles. The predicted molar refractivity (Wildman–Crippen MR) is 77.9 cm³/mol. The van der Waals surface area contributed by atoms with Gasteiger partial charge in [0.05, 0.1) is 5.56 Å². The Hall–Kier alpha value is -1.22. The van der Waals surface area contributed by atoms with E-state index >= 15 is 0 Å². The first-order valence-electron chi connectivity index (χ1n) is 5.39. The zero-order valence-corrected chi connectivity index (χ0v) is 12.4. The summed E-state index contributed by atoms with van der Waals surface area (Å²) in [6.45, 7) is 2.01. The van der Waals surface area contributed by atoms with E-state index < -0.39 is 0 Å². The van der Waals surface area contributed by atoms with Gasteiger partial charge in [-0.1, -0.05) is 18.3 Å². The molecule has 3 rings (SSSR count). The van der Waals surface area contributed by atoms with Crippen molar-refractivity contribution in [2.45, 2.75) is 13.3 Å². The van der Waals surface area contributed by atoms with E-state index in [2.05, 4.69) is 37.9 Å². The Morgan fingerprint density at radius 1 is 1.39 bits per heavy atom. The van der Waals surface area contributed by atoms with E-state index in [4.69, 9.17) is 0 Å². The van der Waals surface area contributed by atoms with Gasteiger partial charge in [0.1, 0.15) is 5.75 Å². The summed E-state index contributed by atoms with van der Waals surface area (Å²) < 4.78 is 2.79. The Morgan fingerprint density at radius 2 is 2.22 bits per heavy atom. The number of nitrogens with zero attached hydrogens (tertiary/aromatic N) is 4. The van der Waals surface area contributed by atoms with Gasteiger partial charge in [-0.25, -0.2) is 0 Å².